The molecule has 0 bridgehead atoms. The first-order chi connectivity index (χ1) is 10.0. The van der Waals surface area contributed by atoms with Crippen LogP contribution in [0.15, 0.2) is 30.3 Å². The molecule has 0 saturated heterocycles. The predicted molar refractivity (Wildman–Crippen MR) is 73.1 cm³/mol. The summed E-state index contributed by atoms with van der Waals surface area (Å²) >= 11 is 0. The Balaban J connectivity index is 2.39. The van der Waals surface area contributed by atoms with Crippen molar-refractivity contribution in [1.29, 1.82) is 0 Å². The molecule has 0 atom stereocenters. The minimum atomic E-state index is -2.65. The molecule has 116 valence electrons. The van der Waals surface area contributed by atoms with Gasteiger partial charge in [-0.3, -0.25) is 9.59 Å². The molecule has 1 aromatic rings. The maximum absolute atomic E-state index is 12.3. The smallest absolute Gasteiger partial charge is 0.255 e. The summed E-state index contributed by atoms with van der Waals surface area (Å²) in [5.74, 6) is -0.858. The maximum atomic E-state index is 12.3. The number of aliphatic hydroxyl groups is 1. The molecule has 0 heterocycles. The summed E-state index contributed by atoms with van der Waals surface area (Å²) in [7, 11) is 0. The van der Waals surface area contributed by atoms with E-state index in [-0.39, 0.29) is 32.0 Å². The SMILES string of the molecule is O=C(NCCC(=O)N(CCO)CC(F)F)c1ccccc1. The Hall–Kier alpha value is -2.02. The van der Waals surface area contributed by atoms with E-state index >= 15 is 0 Å². The van der Waals surface area contributed by atoms with Crippen LogP contribution < -0.4 is 5.32 Å². The van der Waals surface area contributed by atoms with Gasteiger partial charge < -0.3 is 15.3 Å². The van der Waals surface area contributed by atoms with Gasteiger partial charge in [0.05, 0.1) is 13.2 Å². The third kappa shape index (κ3) is 6.31. The lowest BCUT2D eigenvalue weighted by molar-refractivity contribution is -0.133. The molecule has 2 amide bonds. The molecule has 0 saturated carbocycles. The van der Waals surface area contributed by atoms with Crippen LogP contribution in [-0.2, 0) is 4.79 Å². The lowest BCUT2D eigenvalue weighted by Crippen LogP contribution is -2.39. The number of benzene rings is 1. The predicted octanol–water partition coefficient (Wildman–Crippen LogP) is 0.892. The van der Waals surface area contributed by atoms with Crippen molar-refractivity contribution in [2.45, 2.75) is 12.8 Å². The summed E-state index contributed by atoms with van der Waals surface area (Å²) in [6.45, 7) is -1.19. The quantitative estimate of drug-likeness (QED) is 0.749. The van der Waals surface area contributed by atoms with E-state index < -0.39 is 18.9 Å². The van der Waals surface area contributed by atoms with E-state index in [0.717, 1.165) is 4.90 Å². The van der Waals surface area contributed by atoms with Crippen molar-refractivity contribution in [2.24, 2.45) is 0 Å². The van der Waals surface area contributed by atoms with Gasteiger partial charge >= 0.3 is 0 Å². The molecule has 0 fully saturated rings. The standard InChI is InChI=1S/C14H18F2N2O3/c15-12(16)10-18(8-9-19)13(20)6-7-17-14(21)11-4-2-1-3-5-11/h1-5,12,19H,6-10H2,(H,17,21). The van der Waals surface area contributed by atoms with Gasteiger partial charge in [-0.1, -0.05) is 18.2 Å². The number of nitrogens with one attached hydrogen (secondary N) is 1. The fourth-order valence-electron chi connectivity index (χ4n) is 1.74. The molecule has 0 aromatic heterocycles. The Morgan fingerprint density at radius 3 is 2.48 bits per heavy atom. The zero-order chi connectivity index (χ0) is 15.7. The summed E-state index contributed by atoms with van der Waals surface area (Å²) in [5.41, 5.74) is 0.463. The van der Waals surface area contributed by atoms with Crippen molar-refractivity contribution < 1.29 is 23.5 Å². The number of hydrogen-bond acceptors (Lipinski definition) is 3. The Morgan fingerprint density at radius 1 is 1.24 bits per heavy atom. The van der Waals surface area contributed by atoms with Gasteiger partial charge in [0.1, 0.15) is 0 Å². The summed E-state index contributed by atoms with van der Waals surface area (Å²) in [6, 6.07) is 8.47. The average Bonchev–Trinajstić information content (AvgIpc) is 2.47. The Labute approximate surface area is 121 Å². The minimum absolute atomic E-state index is 0.0533. The summed E-state index contributed by atoms with van der Waals surface area (Å²) in [4.78, 5) is 24.3. The van der Waals surface area contributed by atoms with Gasteiger partial charge in [0.2, 0.25) is 5.91 Å². The third-order valence-corrected chi connectivity index (χ3v) is 2.74. The molecule has 1 rings (SSSR count). The summed E-state index contributed by atoms with van der Waals surface area (Å²) in [6.07, 6.45) is -2.75. The summed E-state index contributed by atoms with van der Waals surface area (Å²) in [5, 5.41) is 11.3. The number of rotatable bonds is 8. The van der Waals surface area contributed by atoms with E-state index in [2.05, 4.69) is 5.32 Å². The molecule has 5 nitrogen and oxygen atoms in total. The topological polar surface area (TPSA) is 69.6 Å². The Bertz CT molecular complexity index is 455. The van der Waals surface area contributed by atoms with Gasteiger partial charge in [-0.15, -0.1) is 0 Å². The molecular formula is C14H18F2N2O3. The fraction of sp³-hybridized carbons (Fsp3) is 0.429. The second kappa shape index (κ2) is 9.02. The average molecular weight is 300 g/mol. The first-order valence-electron chi connectivity index (χ1n) is 6.54. The normalized spacial score (nSPS) is 10.5. The third-order valence-electron chi connectivity index (χ3n) is 2.74. The van der Waals surface area contributed by atoms with Gasteiger partial charge in [0, 0.05) is 25.1 Å². The van der Waals surface area contributed by atoms with Crippen molar-refractivity contribution >= 4 is 11.8 Å². The Morgan fingerprint density at radius 2 is 1.90 bits per heavy atom. The Kier molecular flexibility index (Phi) is 7.31. The van der Waals surface area contributed by atoms with E-state index in [4.69, 9.17) is 5.11 Å². The largest absolute Gasteiger partial charge is 0.395 e. The second-order valence-electron chi connectivity index (χ2n) is 4.33. The van der Waals surface area contributed by atoms with E-state index in [1.165, 1.54) is 0 Å². The van der Waals surface area contributed by atoms with Crippen LogP contribution in [-0.4, -0.2) is 54.5 Å². The van der Waals surface area contributed by atoms with Crippen LogP contribution in [0.5, 0.6) is 0 Å². The second-order valence-corrected chi connectivity index (χ2v) is 4.33. The first kappa shape index (κ1) is 17.0. The number of carbonyl (C=O) groups excluding carboxylic acids is 2. The number of alkyl halides is 2. The van der Waals surface area contributed by atoms with Gasteiger partial charge in [0.15, 0.2) is 0 Å². The van der Waals surface area contributed by atoms with Gasteiger partial charge in [-0.05, 0) is 12.1 Å². The molecule has 21 heavy (non-hydrogen) atoms. The molecule has 0 aliphatic heterocycles. The van der Waals surface area contributed by atoms with Crippen LogP contribution in [0.25, 0.3) is 0 Å². The molecule has 1 aromatic carbocycles. The number of nitrogens with zero attached hydrogens (tertiary/aromatic N) is 1. The minimum Gasteiger partial charge on any atom is -0.395 e. The van der Waals surface area contributed by atoms with Crippen molar-refractivity contribution in [3.05, 3.63) is 35.9 Å². The maximum Gasteiger partial charge on any atom is 0.255 e. The van der Waals surface area contributed by atoms with Crippen molar-refractivity contribution in [1.82, 2.24) is 10.2 Å². The molecule has 2 N–H and O–H groups in total. The van der Waals surface area contributed by atoms with Gasteiger partial charge in [0.25, 0.3) is 12.3 Å². The number of halogens is 2. The van der Waals surface area contributed by atoms with Crippen LogP contribution in [0.3, 0.4) is 0 Å². The van der Waals surface area contributed by atoms with Crippen molar-refractivity contribution in [3.63, 3.8) is 0 Å². The molecule has 0 radical (unpaired) electrons. The molecule has 7 heteroatoms. The first-order valence-corrected chi connectivity index (χ1v) is 6.54. The number of amides is 2. The van der Waals surface area contributed by atoms with Crippen molar-refractivity contribution in [2.75, 3.05) is 26.2 Å². The highest BCUT2D eigenvalue weighted by Crippen LogP contribution is 2.01. The van der Waals surface area contributed by atoms with Crippen LogP contribution in [0.2, 0.25) is 0 Å². The lowest BCUT2D eigenvalue weighted by atomic mass is 10.2. The highest BCUT2D eigenvalue weighted by atomic mass is 19.3. The zero-order valence-electron chi connectivity index (χ0n) is 11.5. The fourth-order valence-corrected chi connectivity index (χ4v) is 1.74. The van der Waals surface area contributed by atoms with Crippen LogP contribution in [0.1, 0.15) is 16.8 Å². The monoisotopic (exact) mass is 300 g/mol. The number of carbonyl (C=O) groups is 2. The number of aliphatic hydroxyl groups excluding tert-OH is 1. The summed E-state index contributed by atoms with van der Waals surface area (Å²) < 4.78 is 24.6. The van der Waals surface area contributed by atoms with Crippen LogP contribution in [0.4, 0.5) is 8.78 Å². The number of hydrogen-bond donors (Lipinski definition) is 2. The van der Waals surface area contributed by atoms with Gasteiger partial charge in [-0.25, -0.2) is 8.78 Å². The van der Waals surface area contributed by atoms with Crippen LogP contribution >= 0.6 is 0 Å². The molecular weight excluding hydrogens is 282 g/mol. The van der Waals surface area contributed by atoms with E-state index in [9.17, 15) is 18.4 Å². The molecule has 0 spiro atoms. The lowest BCUT2D eigenvalue weighted by Gasteiger charge is -2.21. The molecule has 0 aliphatic rings. The van der Waals surface area contributed by atoms with Crippen molar-refractivity contribution in [3.8, 4) is 0 Å². The van der Waals surface area contributed by atoms with E-state index in [1.54, 1.807) is 30.3 Å². The van der Waals surface area contributed by atoms with Crippen LogP contribution in [0, 0.1) is 0 Å². The molecule has 0 unspecified atom stereocenters. The van der Waals surface area contributed by atoms with E-state index in [1.807, 2.05) is 0 Å². The highest BCUT2D eigenvalue weighted by molar-refractivity contribution is 5.94. The van der Waals surface area contributed by atoms with E-state index in [0.29, 0.717) is 5.56 Å². The van der Waals surface area contributed by atoms with Gasteiger partial charge in [-0.2, -0.15) is 0 Å². The highest BCUT2D eigenvalue weighted by Gasteiger charge is 2.17. The zero-order valence-corrected chi connectivity index (χ0v) is 11.5. The molecule has 0 aliphatic carbocycles.